The Kier molecular flexibility index (Phi) is 5.98. The van der Waals surface area contributed by atoms with Crippen molar-refractivity contribution in [3.8, 4) is 0 Å². The van der Waals surface area contributed by atoms with Crippen LogP contribution >= 0.6 is 11.6 Å². The van der Waals surface area contributed by atoms with Gasteiger partial charge in [-0.1, -0.05) is 78.3 Å². The van der Waals surface area contributed by atoms with Crippen LogP contribution in [0, 0.1) is 6.92 Å². The molecule has 3 aromatic rings. The maximum absolute atomic E-state index is 13.0. The van der Waals surface area contributed by atoms with Gasteiger partial charge < -0.3 is 9.80 Å². The topological polar surface area (TPSA) is 24.8 Å². The molecule has 1 amide bonds. The smallest absolute Gasteiger partial charge is 0.255 e. The molecular formula is C25H26ClN2O+. The third-order valence-electron chi connectivity index (χ3n) is 5.72. The molecule has 0 bridgehead atoms. The minimum absolute atomic E-state index is 0.0324. The van der Waals surface area contributed by atoms with Crippen molar-refractivity contribution in [2.45, 2.75) is 13.0 Å². The van der Waals surface area contributed by atoms with E-state index in [2.05, 4.69) is 60.7 Å². The van der Waals surface area contributed by atoms with Crippen molar-refractivity contribution in [2.24, 2.45) is 0 Å². The van der Waals surface area contributed by atoms with Crippen molar-refractivity contribution in [1.82, 2.24) is 4.90 Å². The van der Waals surface area contributed by atoms with Gasteiger partial charge in [-0.05, 0) is 24.6 Å². The lowest BCUT2D eigenvalue weighted by molar-refractivity contribution is -0.929. The van der Waals surface area contributed by atoms with Gasteiger partial charge in [-0.3, -0.25) is 4.79 Å². The molecule has 1 fully saturated rings. The largest absolute Gasteiger partial charge is 0.327 e. The SMILES string of the molecule is Cc1ccc(C(=O)N2CC[NH+](C(c3ccccc3)c3ccccc3)CC2)c(Cl)c1. The molecule has 3 nitrogen and oxygen atoms in total. The van der Waals surface area contributed by atoms with Gasteiger partial charge in [0.05, 0.1) is 36.8 Å². The van der Waals surface area contributed by atoms with E-state index in [-0.39, 0.29) is 11.9 Å². The number of piperazine rings is 1. The third kappa shape index (κ3) is 4.36. The number of aryl methyl sites for hydroxylation is 1. The fourth-order valence-electron chi connectivity index (χ4n) is 4.20. The number of quaternary nitrogens is 1. The highest BCUT2D eigenvalue weighted by Gasteiger charge is 2.32. The number of benzene rings is 3. The standard InChI is InChI=1S/C25H25ClN2O/c1-19-12-13-22(23(26)18-19)25(29)28-16-14-27(15-17-28)24(20-8-4-2-5-9-20)21-10-6-3-7-11-21/h2-13,18,24H,14-17H2,1H3/p+1. The number of carbonyl (C=O) groups is 1. The maximum Gasteiger partial charge on any atom is 0.255 e. The molecule has 148 valence electrons. The number of hydrogen-bond donors (Lipinski definition) is 1. The van der Waals surface area contributed by atoms with Gasteiger partial charge in [0.1, 0.15) is 6.04 Å². The molecule has 29 heavy (non-hydrogen) atoms. The molecule has 0 atom stereocenters. The highest BCUT2D eigenvalue weighted by atomic mass is 35.5. The lowest BCUT2D eigenvalue weighted by Crippen LogP contribution is -3.15. The first-order valence-corrected chi connectivity index (χ1v) is 10.5. The van der Waals surface area contributed by atoms with Crippen LogP contribution in [-0.4, -0.2) is 37.0 Å². The summed E-state index contributed by atoms with van der Waals surface area (Å²) in [5, 5.41) is 0.538. The summed E-state index contributed by atoms with van der Waals surface area (Å²) in [6, 6.07) is 27.3. The van der Waals surface area contributed by atoms with E-state index in [0.717, 1.165) is 31.7 Å². The summed E-state index contributed by atoms with van der Waals surface area (Å²) in [4.78, 5) is 16.4. The number of hydrogen-bond acceptors (Lipinski definition) is 1. The first-order chi connectivity index (χ1) is 14.1. The highest BCUT2D eigenvalue weighted by Crippen LogP contribution is 2.21. The Morgan fingerprint density at radius 1 is 0.897 bits per heavy atom. The predicted octanol–water partition coefficient (Wildman–Crippen LogP) is 3.78. The summed E-state index contributed by atoms with van der Waals surface area (Å²) in [5.74, 6) is 0.0324. The number of halogens is 1. The molecule has 1 aliphatic rings. The average Bonchev–Trinajstić information content (AvgIpc) is 2.76. The van der Waals surface area contributed by atoms with Crippen LogP contribution in [0.2, 0.25) is 5.02 Å². The molecule has 3 aromatic carbocycles. The van der Waals surface area contributed by atoms with Crippen molar-refractivity contribution in [3.63, 3.8) is 0 Å². The Bertz CT molecular complexity index is 927. The molecule has 0 radical (unpaired) electrons. The van der Waals surface area contributed by atoms with E-state index in [4.69, 9.17) is 11.6 Å². The molecule has 1 N–H and O–H groups in total. The van der Waals surface area contributed by atoms with E-state index < -0.39 is 0 Å². The molecule has 0 aromatic heterocycles. The maximum atomic E-state index is 13.0. The van der Waals surface area contributed by atoms with Gasteiger partial charge in [0.15, 0.2) is 0 Å². The van der Waals surface area contributed by atoms with E-state index in [1.807, 2.05) is 30.0 Å². The number of carbonyl (C=O) groups excluding carboxylic acids is 1. The summed E-state index contributed by atoms with van der Waals surface area (Å²) in [6.07, 6.45) is 0. The minimum atomic E-state index is 0.0324. The van der Waals surface area contributed by atoms with Crippen molar-refractivity contribution < 1.29 is 9.69 Å². The molecule has 4 heteroatoms. The van der Waals surface area contributed by atoms with Gasteiger partial charge in [-0.2, -0.15) is 0 Å². The van der Waals surface area contributed by atoms with Crippen molar-refractivity contribution in [1.29, 1.82) is 0 Å². The second-order valence-electron chi connectivity index (χ2n) is 7.69. The van der Waals surface area contributed by atoms with Gasteiger partial charge in [0, 0.05) is 11.1 Å². The lowest BCUT2D eigenvalue weighted by Gasteiger charge is -2.37. The molecule has 0 saturated carbocycles. The molecule has 1 aliphatic heterocycles. The van der Waals surface area contributed by atoms with Gasteiger partial charge in [-0.15, -0.1) is 0 Å². The van der Waals surface area contributed by atoms with E-state index in [9.17, 15) is 4.79 Å². The Balaban J connectivity index is 1.52. The van der Waals surface area contributed by atoms with Crippen LogP contribution in [-0.2, 0) is 0 Å². The first kappa shape index (κ1) is 19.7. The normalized spacial score (nSPS) is 14.9. The molecule has 0 spiro atoms. The average molecular weight is 406 g/mol. The fraction of sp³-hybridized carbons (Fsp3) is 0.240. The zero-order valence-corrected chi connectivity index (χ0v) is 17.4. The molecule has 0 unspecified atom stereocenters. The quantitative estimate of drug-likeness (QED) is 0.702. The number of nitrogens with one attached hydrogen (secondary N) is 1. The Hall–Kier alpha value is -2.62. The summed E-state index contributed by atoms with van der Waals surface area (Å²) in [7, 11) is 0. The minimum Gasteiger partial charge on any atom is -0.327 e. The zero-order valence-electron chi connectivity index (χ0n) is 16.6. The van der Waals surface area contributed by atoms with E-state index in [0.29, 0.717) is 10.6 Å². The van der Waals surface area contributed by atoms with Crippen molar-refractivity contribution >= 4 is 17.5 Å². The van der Waals surface area contributed by atoms with Crippen LogP contribution in [0.25, 0.3) is 0 Å². The first-order valence-electron chi connectivity index (χ1n) is 10.1. The van der Waals surface area contributed by atoms with Crippen molar-refractivity contribution in [2.75, 3.05) is 26.2 Å². The van der Waals surface area contributed by atoms with Gasteiger partial charge in [-0.25, -0.2) is 0 Å². The summed E-state index contributed by atoms with van der Waals surface area (Å²) in [6.45, 7) is 5.26. The van der Waals surface area contributed by atoms with Gasteiger partial charge in [0.25, 0.3) is 5.91 Å². The molecule has 4 rings (SSSR count). The molecular weight excluding hydrogens is 380 g/mol. The monoisotopic (exact) mass is 405 g/mol. The van der Waals surface area contributed by atoms with Crippen LogP contribution in [0.4, 0.5) is 0 Å². The zero-order chi connectivity index (χ0) is 20.2. The molecule has 1 heterocycles. The lowest BCUT2D eigenvalue weighted by atomic mass is 9.96. The molecule has 1 saturated heterocycles. The predicted molar refractivity (Wildman–Crippen MR) is 118 cm³/mol. The van der Waals surface area contributed by atoms with Gasteiger partial charge >= 0.3 is 0 Å². The van der Waals surface area contributed by atoms with E-state index >= 15 is 0 Å². The third-order valence-corrected chi connectivity index (χ3v) is 6.03. The van der Waals surface area contributed by atoms with Crippen molar-refractivity contribution in [3.05, 3.63) is 106 Å². The van der Waals surface area contributed by atoms with E-state index in [1.54, 1.807) is 0 Å². The summed E-state index contributed by atoms with van der Waals surface area (Å²) < 4.78 is 0. The Morgan fingerprint density at radius 3 is 1.97 bits per heavy atom. The van der Waals surface area contributed by atoms with Crippen LogP contribution in [0.1, 0.15) is 33.1 Å². The highest BCUT2D eigenvalue weighted by molar-refractivity contribution is 6.33. The van der Waals surface area contributed by atoms with Crippen LogP contribution in [0.15, 0.2) is 78.9 Å². The fourth-order valence-corrected chi connectivity index (χ4v) is 4.52. The Morgan fingerprint density at radius 2 is 1.45 bits per heavy atom. The number of amides is 1. The van der Waals surface area contributed by atoms with Crippen LogP contribution < -0.4 is 4.90 Å². The number of rotatable bonds is 4. The second kappa shape index (κ2) is 8.81. The number of nitrogens with zero attached hydrogens (tertiary/aromatic N) is 1. The van der Waals surface area contributed by atoms with Crippen LogP contribution in [0.5, 0.6) is 0 Å². The summed E-state index contributed by atoms with van der Waals surface area (Å²) in [5.41, 5.74) is 4.29. The molecule has 0 aliphatic carbocycles. The van der Waals surface area contributed by atoms with Gasteiger partial charge in [0.2, 0.25) is 0 Å². The second-order valence-corrected chi connectivity index (χ2v) is 8.10. The van der Waals surface area contributed by atoms with E-state index in [1.165, 1.54) is 16.0 Å². The Labute approximate surface area is 177 Å². The van der Waals surface area contributed by atoms with Crippen LogP contribution in [0.3, 0.4) is 0 Å². The summed E-state index contributed by atoms with van der Waals surface area (Å²) >= 11 is 6.33.